The predicted octanol–water partition coefficient (Wildman–Crippen LogP) is 2.37. The summed E-state index contributed by atoms with van der Waals surface area (Å²) in [5.41, 5.74) is 0.198. The Morgan fingerprint density at radius 2 is 1.94 bits per heavy atom. The molecule has 0 bridgehead atoms. The normalized spacial score (nSPS) is 38.2. The van der Waals surface area contributed by atoms with E-state index in [1.165, 1.54) is 25.5 Å². The second kappa shape index (κ2) is 5.12. The minimum atomic E-state index is -2.87. The maximum atomic E-state index is 11.8. The highest BCUT2D eigenvalue weighted by molar-refractivity contribution is 7.91. The van der Waals surface area contributed by atoms with E-state index in [2.05, 4.69) is 19.2 Å². The summed E-state index contributed by atoms with van der Waals surface area (Å²) in [6.07, 6.45) is 7.84. The predicted molar refractivity (Wildman–Crippen MR) is 75.4 cm³/mol. The molecule has 0 aromatic rings. The molecular weight excluding hydrogens is 246 g/mol. The third kappa shape index (κ3) is 2.60. The molecular formula is C14H27NO2S. The Morgan fingerprint density at radius 3 is 2.44 bits per heavy atom. The van der Waals surface area contributed by atoms with Crippen LogP contribution in [-0.4, -0.2) is 32.0 Å². The Bertz CT molecular complexity index is 383. The molecule has 3 atom stereocenters. The molecule has 3 nitrogen and oxygen atoms in total. The molecule has 0 aromatic carbocycles. The quantitative estimate of drug-likeness (QED) is 0.858. The highest BCUT2D eigenvalue weighted by atomic mass is 32.2. The minimum Gasteiger partial charge on any atom is -0.311 e. The standard InChI is InChI=1S/C14H27NO2S/c1-11(2)14(8-5-9-15-14)12-6-4-7-13(10-12)18(3,16)17/h11-13,15H,4-10H2,1-3H3. The van der Waals surface area contributed by atoms with Crippen molar-refractivity contribution in [3.8, 4) is 0 Å². The van der Waals surface area contributed by atoms with Crippen LogP contribution in [0, 0.1) is 11.8 Å². The molecule has 0 spiro atoms. The number of hydrogen-bond acceptors (Lipinski definition) is 3. The lowest BCUT2D eigenvalue weighted by Gasteiger charge is -2.45. The van der Waals surface area contributed by atoms with E-state index in [9.17, 15) is 8.42 Å². The van der Waals surface area contributed by atoms with Crippen LogP contribution in [0.1, 0.15) is 52.4 Å². The summed E-state index contributed by atoms with van der Waals surface area (Å²) in [5.74, 6) is 1.12. The molecule has 1 aliphatic heterocycles. The molecule has 4 heteroatoms. The van der Waals surface area contributed by atoms with Gasteiger partial charge in [0.2, 0.25) is 0 Å². The number of nitrogens with one attached hydrogen (secondary N) is 1. The van der Waals surface area contributed by atoms with Crippen LogP contribution in [0.5, 0.6) is 0 Å². The van der Waals surface area contributed by atoms with Crippen LogP contribution in [0.15, 0.2) is 0 Å². The fourth-order valence-corrected chi connectivity index (χ4v) is 5.28. The average molecular weight is 273 g/mol. The monoisotopic (exact) mass is 273 g/mol. The topological polar surface area (TPSA) is 46.2 Å². The van der Waals surface area contributed by atoms with Crippen LogP contribution in [-0.2, 0) is 9.84 Å². The maximum absolute atomic E-state index is 11.8. The lowest BCUT2D eigenvalue weighted by Crippen LogP contribution is -2.53. The fourth-order valence-electron chi connectivity index (χ4n) is 4.10. The van der Waals surface area contributed by atoms with E-state index < -0.39 is 9.84 Å². The molecule has 0 aromatic heterocycles. The summed E-state index contributed by atoms with van der Waals surface area (Å²) in [4.78, 5) is 0. The minimum absolute atomic E-state index is 0.103. The van der Waals surface area contributed by atoms with Crippen molar-refractivity contribution in [2.24, 2.45) is 11.8 Å². The second-order valence-corrected chi connectivity index (χ2v) is 8.87. The zero-order valence-electron chi connectivity index (χ0n) is 11.9. The van der Waals surface area contributed by atoms with Gasteiger partial charge in [-0.05, 0) is 50.5 Å². The average Bonchev–Trinajstić information content (AvgIpc) is 2.78. The molecule has 106 valence electrons. The van der Waals surface area contributed by atoms with Gasteiger partial charge in [0.15, 0.2) is 0 Å². The summed E-state index contributed by atoms with van der Waals surface area (Å²) in [6, 6.07) is 0. The van der Waals surface area contributed by atoms with Gasteiger partial charge in [0.25, 0.3) is 0 Å². The van der Waals surface area contributed by atoms with E-state index in [0.717, 1.165) is 25.8 Å². The summed E-state index contributed by atoms with van der Waals surface area (Å²) in [7, 11) is -2.87. The summed E-state index contributed by atoms with van der Waals surface area (Å²) in [6.45, 7) is 5.66. The molecule has 1 aliphatic carbocycles. The Morgan fingerprint density at radius 1 is 1.22 bits per heavy atom. The highest BCUT2D eigenvalue weighted by Crippen LogP contribution is 2.43. The van der Waals surface area contributed by atoms with Gasteiger partial charge in [0.1, 0.15) is 9.84 Å². The van der Waals surface area contributed by atoms with Crippen molar-refractivity contribution in [1.29, 1.82) is 0 Å². The lowest BCUT2D eigenvalue weighted by molar-refractivity contribution is 0.130. The zero-order valence-corrected chi connectivity index (χ0v) is 12.7. The molecule has 1 N–H and O–H groups in total. The van der Waals surface area contributed by atoms with Gasteiger partial charge < -0.3 is 5.32 Å². The lowest BCUT2D eigenvalue weighted by atomic mass is 9.68. The molecule has 1 saturated heterocycles. The van der Waals surface area contributed by atoms with E-state index in [1.807, 2.05) is 0 Å². The van der Waals surface area contributed by atoms with E-state index in [4.69, 9.17) is 0 Å². The zero-order chi connectivity index (χ0) is 13.4. The first-order valence-electron chi connectivity index (χ1n) is 7.30. The van der Waals surface area contributed by atoms with Gasteiger partial charge in [0.05, 0.1) is 5.25 Å². The van der Waals surface area contributed by atoms with Crippen LogP contribution in [0.3, 0.4) is 0 Å². The number of sulfone groups is 1. The molecule has 2 aliphatic rings. The van der Waals surface area contributed by atoms with E-state index in [0.29, 0.717) is 11.8 Å². The van der Waals surface area contributed by atoms with E-state index >= 15 is 0 Å². The van der Waals surface area contributed by atoms with Crippen molar-refractivity contribution < 1.29 is 8.42 Å². The van der Waals surface area contributed by atoms with Gasteiger partial charge in [-0.1, -0.05) is 20.3 Å². The second-order valence-electron chi connectivity index (χ2n) is 6.54. The van der Waals surface area contributed by atoms with Gasteiger partial charge in [0, 0.05) is 11.8 Å². The largest absolute Gasteiger partial charge is 0.311 e. The molecule has 3 unspecified atom stereocenters. The van der Waals surface area contributed by atoms with Crippen molar-refractivity contribution in [1.82, 2.24) is 5.32 Å². The number of rotatable bonds is 3. The van der Waals surface area contributed by atoms with E-state index in [1.54, 1.807) is 0 Å². The highest BCUT2D eigenvalue weighted by Gasteiger charge is 2.46. The van der Waals surface area contributed by atoms with Gasteiger partial charge in [-0.3, -0.25) is 0 Å². The summed E-state index contributed by atoms with van der Waals surface area (Å²) >= 11 is 0. The van der Waals surface area contributed by atoms with Crippen molar-refractivity contribution >= 4 is 9.84 Å². The van der Waals surface area contributed by atoms with Crippen LogP contribution in [0.2, 0.25) is 0 Å². The maximum Gasteiger partial charge on any atom is 0.150 e. The fraction of sp³-hybridized carbons (Fsp3) is 1.00. The Balaban J connectivity index is 2.17. The molecule has 0 amide bonds. The van der Waals surface area contributed by atoms with Gasteiger partial charge in [-0.25, -0.2) is 8.42 Å². The summed E-state index contributed by atoms with van der Waals surface area (Å²) in [5, 5.41) is 3.61. The van der Waals surface area contributed by atoms with Crippen LogP contribution in [0.25, 0.3) is 0 Å². The third-order valence-corrected chi connectivity index (χ3v) is 6.85. The Kier molecular flexibility index (Phi) is 4.07. The smallest absolute Gasteiger partial charge is 0.150 e. The van der Waals surface area contributed by atoms with Crippen LogP contribution in [0.4, 0.5) is 0 Å². The Labute approximate surface area is 112 Å². The van der Waals surface area contributed by atoms with Crippen LogP contribution < -0.4 is 5.32 Å². The molecule has 1 saturated carbocycles. The van der Waals surface area contributed by atoms with Crippen molar-refractivity contribution in [2.75, 3.05) is 12.8 Å². The third-order valence-electron chi connectivity index (χ3n) is 5.21. The number of hydrogen-bond donors (Lipinski definition) is 1. The van der Waals surface area contributed by atoms with Crippen molar-refractivity contribution in [2.45, 2.75) is 63.2 Å². The van der Waals surface area contributed by atoms with E-state index in [-0.39, 0.29) is 10.8 Å². The molecule has 18 heavy (non-hydrogen) atoms. The molecule has 2 fully saturated rings. The summed E-state index contributed by atoms with van der Waals surface area (Å²) < 4.78 is 23.6. The van der Waals surface area contributed by atoms with Gasteiger partial charge in [-0.2, -0.15) is 0 Å². The molecule has 1 heterocycles. The first-order chi connectivity index (χ1) is 8.36. The van der Waals surface area contributed by atoms with Gasteiger partial charge >= 0.3 is 0 Å². The van der Waals surface area contributed by atoms with Crippen molar-refractivity contribution in [3.05, 3.63) is 0 Å². The molecule has 0 radical (unpaired) electrons. The molecule has 2 rings (SSSR count). The first-order valence-corrected chi connectivity index (χ1v) is 9.25. The van der Waals surface area contributed by atoms with Gasteiger partial charge in [-0.15, -0.1) is 0 Å². The first kappa shape index (κ1) is 14.3. The Hall–Kier alpha value is -0.0900. The SMILES string of the molecule is CC(C)C1(C2CCCC(S(C)(=O)=O)C2)CCCN1. The van der Waals surface area contributed by atoms with Crippen LogP contribution >= 0.6 is 0 Å². The van der Waals surface area contributed by atoms with Crippen molar-refractivity contribution in [3.63, 3.8) is 0 Å².